The molecule has 1 aliphatic rings. The first kappa shape index (κ1) is 14.8. The van der Waals surface area contributed by atoms with E-state index in [1.165, 1.54) is 0 Å². The van der Waals surface area contributed by atoms with Crippen molar-refractivity contribution in [2.75, 3.05) is 11.4 Å². The molecule has 2 aromatic rings. The van der Waals surface area contributed by atoms with Gasteiger partial charge in [0.25, 0.3) is 0 Å². The molecule has 1 fully saturated rings. The summed E-state index contributed by atoms with van der Waals surface area (Å²) in [7, 11) is 0. The first-order valence-electron chi connectivity index (χ1n) is 7.86. The lowest BCUT2D eigenvalue weighted by molar-refractivity contribution is -0.119. The molecule has 0 aliphatic carbocycles. The molecule has 3 nitrogen and oxygen atoms in total. The summed E-state index contributed by atoms with van der Waals surface area (Å²) in [6.07, 6.45) is 1.97. The largest absolute Gasteiger partial charge is 0.306 e. The Hall–Kier alpha value is -2.13. The molecule has 0 unspecified atom stereocenters. The Morgan fingerprint density at radius 2 is 1.64 bits per heavy atom. The van der Waals surface area contributed by atoms with Crippen molar-refractivity contribution in [1.29, 1.82) is 0 Å². The van der Waals surface area contributed by atoms with Crippen molar-refractivity contribution in [2.24, 2.45) is 0 Å². The molecule has 1 N–H and O–H groups in total. The summed E-state index contributed by atoms with van der Waals surface area (Å²) < 4.78 is 0. The number of hydrogen-bond donors (Lipinski definition) is 1. The number of carbonyl (C=O) groups is 1. The van der Waals surface area contributed by atoms with Crippen LogP contribution in [0.1, 0.15) is 24.0 Å². The molecule has 0 spiro atoms. The van der Waals surface area contributed by atoms with E-state index in [9.17, 15) is 4.79 Å². The Kier molecular flexibility index (Phi) is 4.25. The van der Waals surface area contributed by atoms with E-state index in [4.69, 9.17) is 0 Å². The maximum absolute atomic E-state index is 13.0. The van der Waals surface area contributed by atoms with Gasteiger partial charge < -0.3 is 5.32 Å². The molecule has 114 valence electrons. The second-order valence-electron chi connectivity index (χ2n) is 6.00. The average Bonchev–Trinajstić information content (AvgIpc) is 3.02. The maximum atomic E-state index is 13.0. The monoisotopic (exact) mass is 294 g/mol. The summed E-state index contributed by atoms with van der Waals surface area (Å²) in [4.78, 5) is 14.9. The lowest BCUT2D eigenvalue weighted by Gasteiger charge is -2.26. The molecule has 22 heavy (non-hydrogen) atoms. The van der Waals surface area contributed by atoms with E-state index in [0.29, 0.717) is 0 Å². The Morgan fingerprint density at radius 1 is 1.05 bits per heavy atom. The fraction of sp³-hybridized carbons (Fsp3) is 0.316. The van der Waals surface area contributed by atoms with Crippen LogP contribution in [0.4, 0.5) is 11.4 Å². The minimum atomic E-state index is -0.0824. The number of nitrogens with one attached hydrogen (secondary N) is 1. The zero-order chi connectivity index (χ0) is 15.5. The van der Waals surface area contributed by atoms with Gasteiger partial charge in [-0.05, 0) is 68.6 Å². The molecule has 0 aromatic heterocycles. The first-order chi connectivity index (χ1) is 10.6. The predicted molar refractivity (Wildman–Crippen MR) is 90.5 cm³/mol. The Balaban J connectivity index is 2.03. The lowest BCUT2D eigenvalue weighted by atomic mass is 10.1. The van der Waals surface area contributed by atoms with Crippen molar-refractivity contribution in [3.8, 4) is 0 Å². The molecule has 0 radical (unpaired) electrons. The highest BCUT2D eigenvalue weighted by Crippen LogP contribution is 2.28. The zero-order valence-electron chi connectivity index (χ0n) is 13.2. The van der Waals surface area contributed by atoms with Crippen molar-refractivity contribution < 1.29 is 4.79 Å². The standard InChI is InChI=1S/C19H22N2O/c1-14-6-3-8-16(12-14)21(17-9-4-7-15(2)13-17)19(22)18-10-5-11-20-18/h3-4,6-9,12-13,18,20H,5,10-11H2,1-2H3/t18-/m0/s1. The van der Waals surface area contributed by atoms with Crippen LogP contribution in [0.25, 0.3) is 0 Å². The van der Waals surface area contributed by atoms with Gasteiger partial charge >= 0.3 is 0 Å². The second kappa shape index (κ2) is 6.32. The summed E-state index contributed by atoms with van der Waals surface area (Å²) >= 11 is 0. The molecular weight excluding hydrogens is 272 g/mol. The minimum absolute atomic E-state index is 0.0824. The summed E-state index contributed by atoms with van der Waals surface area (Å²) in [5, 5.41) is 3.31. The Bertz CT molecular complexity index is 629. The molecule has 3 heteroatoms. The third-order valence-electron chi connectivity index (χ3n) is 4.10. The van der Waals surface area contributed by atoms with Gasteiger partial charge in [0.05, 0.1) is 6.04 Å². The number of amides is 1. The van der Waals surface area contributed by atoms with Crippen molar-refractivity contribution >= 4 is 17.3 Å². The zero-order valence-corrected chi connectivity index (χ0v) is 13.2. The van der Waals surface area contributed by atoms with E-state index in [1.54, 1.807) is 0 Å². The molecule has 1 heterocycles. The number of nitrogens with zero attached hydrogens (tertiary/aromatic N) is 1. The number of rotatable bonds is 3. The van der Waals surface area contributed by atoms with Crippen LogP contribution in [0.15, 0.2) is 48.5 Å². The molecule has 0 bridgehead atoms. The Labute approximate surface area is 132 Å². The van der Waals surface area contributed by atoms with Crippen LogP contribution >= 0.6 is 0 Å². The highest BCUT2D eigenvalue weighted by Gasteiger charge is 2.28. The number of aryl methyl sites for hydroxylation is 2. The SMILES string of the molecule is Cc1cccc(N(C(=O)[C@@H]2CCCN2)c2cccc(C)c2)c1. The van der Waals surface area contributed by atoms with E-state index in [2.05, 4.69) is 43.4 Å². The highest BCUT2D eigenvalue weighted by atomic mass is 16.2. The van der Waals surface area contributed by atoms with E-state index >= 15 is 0 Å². The van der Waals surface area contributed by atoms with Gasteiger partial charge in [0, 0.05) is 11.4 Å². The number of benzene rings is 2. The number of carbonyl (C=O) groups excluding carboxylic acids is 1. The van der Waals surface area contributed by atoms with E-state index < -0.39 is 0 Å². The van der Waals surface area contributed by atoms with Gasteiger partial charge in [-0.1, -0.05) is 24.3 Å². The summed E-state index contributed by atoms with van der Waals surface area (Å²) in [6, 6.07) is 16.2. The van der Waals surface area contributed by atoms with Crippen LogP contribution in [-0.4, -0.2) is 18.5 Å². The third-order valence-corrected chi connectivity index (χ3v) is 4.10. The van der Waals surface area contributed by atoms with Gasteiger partial charge in [-0.25, -0.2) is 0 Å². The van der Waals surface area contributed by atoms with Crippen LogP contribution in [0.3, 0.4) is 0 Å². The van der Waals surface area contributed by atoms with E-state index in [0.717, 1.165) is 41.9 Å². The topological polar surface area (TPSA) is 32.3 Å². The van der Waals surface area contributed by atoms with E-state index in [1.807, 2.05) is 29.2 Å². The molecule has 1 amide bonds. The van der Waals surface area contributed by atoms with Crippen LogP contribution in [0.5, 0.6) is 0 Å². The highest BCUT2D eigenvalue weighted by molar-refractivity contribution is 6.03. The average molecular weight is 294 g/mol. The second-order valence-corrected chi connectivity index (χ2v) is 6.00. The van der Waals surface area contributed by atoms with Crippen LogP contribution in [0, 0.1) is 13.8 Å². The van der Waals surface area contributed by atoms with Crippen LogP contribution in [0.2, 0.25) is 0 Å². The van der Waals surface area contributed by atoms with Gasteiger partial charge in [-0.2, -0.15) is 0 Å². The summed E-state index contributed by atoms with van der Waals surface area (Å²) in [6.45, 7) is 5.03. The predicted octanol–water partition coefficient (Wildman–Crippen LogP) is 3.72. The summed E-state index contributed by atoms with van der Waals surface area (Å²) in [5.74, 6) is 0.133. The molecular formula is C19H22N2O. The van der Waals surface area contributed by atoms with Gasteiger partial charge in [0.2, 0.25) is 5.91 Å². The fourth-order valence-corrected chi connectivity index (χ4v) is 2.99. The number of hydrogen-bond acceptors (Lipinski definition) is 2. The van der Waals surface area contributed by atoms with Crippen molar-refractivity contribution in [1.82, 2.24) is 5.32 Å². The minimum Gasteiger partial charge on any atom is -0.306 e. The molecule has 3 rings (SSSR count). The van der Waals surface area contributed by atoms with Crippen LogP contribution in [-0.2, 0) is 4.79 Å². The third kappa shape index (κ3) is 3.04. The van der Waals surface area contributed by atoms with E-state index in [-0.39, 0.29) is 11.9 Å². The van der Waals surface area contributed by atoms with Gasteiger partial charge in [-0.15, -0.1) is 0 Å². The van der Waals surface area contributed by atoms with Crippen molar-refractivity contribution in [3.05, 3.63) is 59.7 Å². The first-order valence-corrected chi connectivity index (χ1v) is 7.86. The van der Waals surface area contributed by atoms with Gasteiger partial charge in [0.1, 0.15) is 0 Å². The molecule has 0 saturated carbocycles. The number of anilines is 2. The maximum Gasteiger partial charge on any atom is 0.248 e. The fourth-order valence-electron chi connectivity index (χ4n) is 2.99. The Morgan fingerprint density at radius 3 is 2.09 bits per heavy atom. The normalized spacial score (nSPS) is 17.5. The molecule has 1 saturated heterocycles. The van der Waals surface area contributed by atoms with Gasteiger partial charge in [-0.3, -0.25) is 9.69 Å². The summed E-state index contributed by atoms with van der Waals surface area (Å²) in [5.41, 5.74) is 4.18. The molecule has 1 aliphatic heterocycles. The molecule has 2 aromatic carbocycles. The van der Waals surface area contributed by atoms with Crippen LogP contribution < -0.4 is 10.2 Å². The molecule has 1 atom stereocenters. The van der Waals surface area contributed by atoms with Gasteiger partial charge in [0.15, 0.2) is 0 Å². The smallest absolute Gasteiger partial charge is 0.248 e. The lowest BCUT2D eigenvalue weighted by Crippen LogP contribution is -2.41. The van der Waals surface area contributed by atoms with Crippen molar-refractivity contribution in [2.45, 2.75) is 32.7 Å². The van der Waals surface area contributed by atoms with Crippen molar-refractivity contribution in [3.63, 3.8) is 0 Å². The quantitative estimate of drug-likeness (QED) is 0.935.